The van der Waals surface area contributed by atoms with E-state index in [0.29, 0.717) is 22.0 Å². The van der Waals surface area contributed by atoms with E-state index in [1.165, 1.54) is 26.2 Å². The molecule has 2 N–H and O–H groups in total. The second-order valence-electron chi connectivity index (χ2n) is 5.51. The summed E-state index contributed by atoms with van der Waals surface area (Å²) in [5.74, 6) is -1.22. The Balaban J connectivity index is 1.83. The minimum atomic E-state index is -1.05. The molecule has 27 heavy (non-hydrogen) atoms. The molecule has 142 valence electrons. The zero-order valence-electron chi connectivity index (χ0n) is 14.8. The number of ether oxygens (including phenoxy) is 2. The standard InChI is InChI=1S/C19H19ClN2O5/c1-12(18(24)22-15-5-3-4-6-16(15)26-2)27-17(23)11-21-19(25)13-7-9-14(20)10-8-13/h3-10,12H,11H2,1-2H3,(H,21,25)(H,22,24). The van der Waals surface area contributed by atoms with Crippen molar-refractivity contribution in [3.8, 4) is 5.75 Å². The molecule has 0 saturated heterocycles. The van der Waals surface area contributed by atoms with Crippen LogP contribution in [0.25, 0.3) is 0 Å². The number of amides is 2. The van der Waals surface area contributed by atoms with E-state index in [1.54, 1.807) is 36.4 Å². The van der Waals surface area contributed by atoms with Gasteiger partial charge in [0.05, 0.1) is 12.8 Å². The van der Waals surface area contributed by atoms with E-state index in [-0.39, 0.29) is 6.54 Å². The summed E-state index contributed by atoms with van der Waals surface area (Å²) in [5.41, 5.74) is 0.818. The van der Waals surface area contributed by atoms with Gasteiger partial charge in [0, 0.05) is 10.6 Å². The van der Waals surface area contributed by atoms with Crippen molar-refractivity contribution in [2.45, 2.75) is 13.0 Å². The number of anilines is 1. The Labute approximate surface area is 161 Å². The highest BCUT2D eigenvalue weighted by molar-refractivity contribution is 6.30. The van der Waals surface area contributed by atoms with Crippen molar-refractivity contribution < 1.29 is 23.9 Å². The van der Waals surface area contributed by atoms with Crippen LogP contribution >= 0.6 is 11.6 Å². The summed E-state index contributed by atoms with van der Waals surface area (Å²) in [5, 5.41) is 5.54. The Hall–Kier alpha value is -3.06. The van der Waals surface area contributed by atoms with Gasteiger partial charge in [0.2, 0.25) is 0 Å². The van der Waals surface area contributed by atoms with Crippen LogP contribution in [0.15, 0.2) is 48.5 Å². The first-order chi connectivity index (χ1) is 12.9. The number of para-hydroxylation sites is 2. The first-order valence-corrected chi connectivity index (χ1v) is 8.45. The van der Waals surface area contributed by atoms with E-state index >= 15 is 0 Å². The molecule has 0 aliphatic heterocycles. The van der Waals surface area contributed by atoms with Gasteiger partial charge in [-0.2, -0.15) is 0 Å². The summed E-state index contributed by atoms with van der Waals surface area (Å²) in [6.07, 6.45) is -1.05. The summed E-state index contributed by atoms with van der Waals surface area (Å²) in [4.78, 5) is 36.0. The van der Waals surface area contributed by atoms with E-state index in [4.69, 9.17) is 21.1 Å². The normalized spacial score (nSPS) is 11.2. The van der Waals surface area contributed by atoms with Crippen LogP contribution in [-0.2, 0) is 14.3 Å². The molecular formula is C19H19ClN2O5. The predicted octanol–water partition coefficient (Wildman–Crippen LogP) is 2.65. The molecule has 2 aromatic rings. The topological polar surface area (TPSA) is 93.7 Å². The van der Waals surface area contributed by atoms with Crippen molar-refractivity contribution in [3.05, 3.63) is 59.1 Å². The Kier molecular flexibility index (Phi) is 7.19. The van der Waals surface area contributed by atoms with E-state index in [0.717, 1.165) is 0 Å². The van der Waals surface area contributed by atoms with Crippen LogP contribution in [0.3, 0.4) is 0 Å². The summed E-state index contributed by atoms with van der Waals surface area (Å²) in [6.45, 7) is 1.07. The molecule has 1 unspecified atom stereocenters. The quantitative estimate of drug-likeness (QED) is 0.709. The van der Waals surface area contributed by atoms with Crippen molar-refractivity contribution in [2.24, 2.45) is 0 Å². The van der Waals surface area contributed by atoms with Crippen molar-refractivity contribution in [3.63, 3.8) is 0 Å². The molecule has 2 rings (SSSR count). The number of benzene rings is 2. The van der Waals surface area contributed by atoms with Gasteiger partial charge in [-0.3, -0.25) is 14.4 Å². The molecule has 1 atom stereocenters. The van der Waals surface area contributed by atoms with Crippen LogP contribution in [0.5, 0.6) is 5.75 Å². The van der Waals surface area contributed by atoms with Gasteiger partial charge >= 0.3 is 5.97 Å². The molecule has 0 aliphatic carbocycles. The Bertz CT molecular complexity index is 823. The number of nitrogens with one attached hydrogen (secondary N) is 2. The van der Waals surface area contributed by atoms with Gasteiger partial charge in [-0.05, 0) is 43.3 Å². The van der Waals surface area contributed by atoms with E-state index in [9.17, 15) is 14.4 Å². The number of carbonyl (C=O) groups excluding carboxylic acids is 3. The maximum Gasteiger partial charge on any atom is 0.326 e. The Morgan fingerprint density at radius 1 is 1.07 bits per heavy atom. The minimum Gasteiger partial charge on any atom is -0.495 e. The highest BCUT2D eigenvalue weighted by Gasteiger charge is 2.19. The zero-order chi connectivity index (χ0) is 19.8. The molecule has 0 radical (unpaired) electrons. The third-order valence-electron chi connectivity index (χ3n) is 3.54. The average Bonchev–Trinajstić information content (AvgIpc) is 2.67. The molecule has 7 nitrogen and oxygen atoms in total. The summed E-state index contributed by atoms with van der Waals surface area (Å²) in [6, 6.07) is 13.1. The third kappa shape index (κ3) is 6.00. The van der Waals surface area contributed by atoms with Crippen molar-refractivity contribution in [1.29, 1.82) is 0 Å². The number of methoxy groups -OCH3 is 1. The van der Waals surface area contributed by atoms with Crippen molar-refractivity contribution in [2.75, 3.05) is 19.0 Å². The Morgan fingerprint density at radius 2 is 1.74 bits per heavy atom. The number of rotatable bonds is 7. The number of halogens is 1. The SMILES string of the molecule is COc1ccccc1NC(=O)C(C)OC(=O)CNC(=O)c1ccc(Cl)cc1. The van der Waals surface area contributed by atoms with Gasteiger partial charge < -0.3 is 20.1 Å². The summed E-state index contributed by atoms with van der Waals surface area (Å²) in [7, 11) is 1.48. The maximum atomic E-state index is 12.2. The number of carbonyl (C=O) groups is 3. The van der Waals surface area contributed by atoms with Crippen molar-refractivity contribution >= 4 is 35.1 Å². The average molecular weight is 391 g/mol. The molecule has 0 spiro atoms. The molecule has 0 bridgehead atoms. The van der Waals surface area contributed by atoms with Gasteiger partial charge in [-0.1, -0.05) is 23.7 Å². The van der Waals surface area contributed by atoms with Crippen LogP contribution in [0.4, 0.5) is 5.69 Å². The molecule has 2 amide bonds. The zero-order valence-corrected chi connectivity index (χ0v) is 15.6. The molecular weight excluding hydrogens is 372 g/mol. The molecule has 0 fully saturated rings. The van der Waals surface area contributed by atoms with Gasteiger partial charge in [0.1, 0.15) is 12.3 Å². The highest BCUT2D eigenvalue weighted by Crippen LogP contribution is 2.23. The third-order valence-corrected chi connectivity index (χ3v) is 3.79. The fourth-order valence-electron chi connectivity index (χ4n) is 2.13. The van der Waals surface area contributed by atoms with E-state index < -0.39 is 23.9 Å². The Morgan fingerprint density at radius 3 is 2.41 bits per heavy atom. The van der Waals surface area contributed by atoms with Crippen LogP contribution < -0.4 is 15.4 Å². The second-order valence-corrected chi connectivity index (χ2v) is 5.95. The lowest BCUT2D eigenvalue weighted by Crippen LogP contribution is -2.35. The van der Waals surface area contributed by atoms with Crippen molar-refractivity contribution in [1.82, 2.24) is 5.32 Å². The van der Waals surface area contributed by atoms with Gasteiger partial charge in [0.25, 0.3) is 11.8 Å². The van der Waals surface area contributed by atoms with Crippen LogP contribution in [0.2, 0.25) is 5.02 Å². The number of hydrogen-bond donors (Lipinski definition) is 2. The lowest BCUT2D eigenvalue weighted by molar-refractivity contribution is -0.152. The monoisotopic (exact) mass is 390 g/mol. The summed E-state index contributed by atoms with van der Waals surface area (Å²) < 4.78 is 10.2. The lowest BCUT2D eigenvalue weighted by atomic mass is 10.2. The first-order valence-electron chi connectivity index (χ1n) is 8.08. The smallest absolute Gasteiger partial charge is 0.326 e. The van der Waals surface area contributed by atoms with Crippen LogP contribution in [0.1, 0.15) is 17.3 Å². The molecule has 0 saturated carbocycles. The fourth-order valence-corrected chi connectivity index (χ4v) is 2.26. The minimum absolute atomic E-state index is 0.356. The predicted molar refractivity (Wildman–Crippen MR) is 101 cm³/mol. The molecule has 0 aromatic heterocycles. The second kappa shape index (κ2) is 9.59. The largest absolute Gasteiger partial charge is 0.495 e. The van der Waals surface area contributed by atoms with Crippen LogP contribution in [-0.4, -0.2) is 37.5 Å². The number of hydrogen-bond acceptors (Lipinski definition) is 5. The highest BCUT2D eigenvalue weighted by atomic mass is 35.5. The van der Waals surface area contributed by atoms with Gasteiger partial charge in [-0.25, -0.2) is 0 Å². The molecule has 0 heterocycles. The molecule has 0 aliphatic rings. The summed E-state index contributed by atoms with van der Waals surface area (Å²) >= 11 is 5.76. The fraction of sp³-hybridized carbons (Fsp3) is 0.211. The van der Waals surface area contributed by atoms with E-state index in [1.807, 2.05) is 0 Å². The van der Waals surface area contributed by atoms with Crippen LogP contribution in [0, 0.1) is 0 Å². The van der Waals surface area contributed by atoms with Gasteiger partial charge in [-0.15, -0.1) is 0 Å². The van der Waals surface area contributed by atoms with E-state index in [2.05, 4.69) is 10.6 Å². The maximum absolute atomic E-state index is 12.2. The molecule has 8 heteroatoms. The number of esters is 1. The first kappa shape index (κ1) is 20.3. The molecule has 2 aromatic carbocycles. The lowest BCUT2D eigenvalue weighted by Gasteiger charge is -2.15. The van der Waals surface area contributed by atoms with Gasteiger partial charge in [0.15, 0.2) is 6.10 Å².